The van der Waals surface area contributed by atoms with Gasteiger partial charge in [-0.3, -0.25) is 4.68 Å². The first-order valence-corrected chi connectivity index (χ1v) is 6.70. The van der Waals surface area contributed by atoms with Gasteiger partial charge in [-0.05, 0) is 34.1 Å². The molecule has 6 heteroatoms. The number of nitrogens with zero attached hydrogens (tertiary/aromatic N) is 2. The number of nitrogen functional groups attached to an aromatic ring is 1. The number of furan rings is 1. The Labute approximate surface area is 123 Å². The van der Waals surface area contributed by atoms with Gasteiger partial charge in [0, 0.05) is 12.6 Å². The smallest absolute Gasteiger partial charge is 0.169 e. The van der Waals surface area contributed by atoms with Crippen LogP contribution in [-0.2, 0) is 7.05 Å². The normalized spacial score (nSPS) is 10.9. The summed E-state index contributed by atoms with van der Waals surface area (Å²) in [6.45, 7) is 0. The van der Waals surface area contributed by atoms with Crippen molar-refractivity contribution in [3.63, 3.8) is 0 Å². The summed E-state index contributed by atoms with van der Waals surface area (Å²) in [6.07, 6.45) is 0. The van der Waals surface area contributed by atoms with Crippen molar-refractivity contribution >= 4 is 21.7 Å². The predicted molar refractivity (Wildman–Crippen MR) is 78.4 cm³/mol. The molecule has 0 atom stereocenters. The fraction of sp³-hybridized carbons (Fsp3) is 0.0714. The fourth-order valence-electron chi connectivity index (χ4n) is 2.08. The van der Waals surface area contributed by atoms with E-state index < -0.39 is 0 Å². The second kappa shape index (κ2) is 4.79. The summed E-state index contributed by atoms with van der Waals surface area (Å²) < 4.78 is 21.6. The topological polar surface area (TPSA) is 57.0 Å². The quantitative estimate of drug-likeness (QED) is 0.774. The first kappa shape index (κ1) is 12.9. The van der Waals surface area contributed by atoms with Gasteiger partial charge in [-0.2, -0.15) is 5.10 Å². The summed E-state index contributed by atoms with van der Waals surface area (Å²) in [5.41, 5.74) is 7.48. The summed E-state index contributed by atoms with van der Waals surface area (Å²) in [5, 5.41) is 4.32. The summed E-state index contributed by atoms with van der Waals surface area (Å²) in [5.74, 6) is 0.569. The van der Waals surface area contributed by atoms with Crippen molar-refractivity contribution in [1.82, 2.24) is 9.78 Å². The number of aromatic nitrogens is 2. The van der Waals surface area contributed by atoms with Gasteiger partial charge in [0.2, 0.25) is 0 Å². The number of hydrogen-bond acceptors (Lipinski definition) is 3. The highest BCUT2D eigenvalue weighted by Gasteiger charge is 2.21. The Morgan fingerprint density at radius 1 is 1.25 bits per heavy atom. The van der Waals surface area contributed by atoms with Crippen LogP contribution in [0.25, 0.3) is 22.6 Å². The van der Waals surface area contributed by atoms with E-state index >= 15 is 0 Å². The molecule has 0 fully saturated rings. The van der Waals surface area contributed by atoms with E-state index in [2.05, 4.69) is 21.0 Å². The third kappa shape index (κ3) is 2.02. The fourth-order valence-corrected chi connectivity index (χ4v) is 2.39. The lowest BCUT2D eigenvalue weighted by molar-refractivity contribution is 0.552. The van der Waals surface area contributed by atoms with Crippen LogP contribution in [0.1, 0.15) is 0 Å². The van der Waals surface area contributed by atoms with Gasteiger partial charge in [-0.15, -0.1) is 0 Å². The Morgan fingerprint density at radius 2 is 2.00 bits per heavy atom. The number of nitrogens with two attached hydrogens (primary N) is 1. The minimum Gasteiger partial charge on any atom is -0.448 e. The number of anilines is 1. The molecule has 0 aliphatic rings. The maximum atomic E-state index is 14.0. The number of halogens is 2. The highest BCUT2D eigenvalue weighted by Crippen LogP contribution is 2.38. The standard InChI is InChI=1S/C14H11BrFN3O/c1-19-14(17)12(8-4-2-3-5-9(8)16)13(18-19)10-6-7-11(15)20-10/h2-7H,17H2,1H3. The van der Waals surface area contributed by atoms with E-state index in [1.54, 1.807) is 37.4 Å². The van der Waals surface area contributed by atoms with Crippen molar-refractivity contribution in [2.24, 2.45) is 7.05 Å². The van der Waals surface area contributed by atoms with Gasteiger partial charge in [0.25, 0.3) is 0 Å². The molecule has 0 radical (unpaired) electrons. The third-order valence-corrected chi connectivity index (χ3v) is 3.47. The molecule has 0 saturated heterocycles. The molecule has 2 N–H and O–H groups in total. The average molecular weight is 336 g/mol. The number of aryl methyl sites for hydroxylation is 1. The lowest BCUT2D eigenvalue weighted by atomic mass is 10.0. The third-order valence-electron chi connectivity index (χ3n) is 3.04. The van der Waals surface area contributed by atoms with Gasteiger partial charge in [-0.25, -0.2) is 4.39 Å². The first-order chi connectivity index (χ1) is 9.58. The van der Waals surface area contributed by atoms with Crippen LogP contribution < -0.4 is 5.73 Å². The molecule has 3 aromatic rings. The Hall–Kier alpha value is -2.08. The molecule has 0 saturated carbocycles. The molecule has 0 unspecified atom stereocenters. The molecule has 102 valence electrons. The molecule has 0 aliphatic carbocycles. The van der Waals surface area contributed by atoms with Crippen LogP contribution in [0.4, 0.5) is 10.2 Å². The summed E-state index contributed by atoms with van der Waals surface area (Å²) in [4.78, 5) is 0. The van der Waals surface area contributed by atoms with E-state index in [1.807, 2.05) is 0 Å². The van der Waals surface area contributed by atoms with E-state index in [-0.39, 0.29) is 5.82 Å². The van der Waals surface area contributed by atoms with Gasteiger partial charge in [-0.1, -0.05) is 18.2 Å². The van der Waals surface area contributed by atoms with Crippen LogP contribution in [0.3, 0.4) is 0 Å². The van der Waals surface area contributed by atoms with Crippen LogP contribution in [0, 0.1) is 5.82 Å². The van der Waals surface area contributed by atoms with Gasteiger partial charge < -0.3 is 10.2 Å². The molecule has 2 heterocycles. The Morgan fingerprint density at radius 3 is 2.65 bits per heavy atom. The lowest BCUT2D eigenvalue weighted by Crippen LogP contribution is -1.98. The van der Waals surface area contributed by atoms with Gasteiger partial charge in [0.15, 0.2) is 10.4 Å². The number of rotatable bonds is 2. The monoisotopic (exact) mass is 335 g/mol. The summed E-state index contributed by atoms with van der Waals surface area (Å²) in [7, 11) is 1.71. The molecule has 3 rings (SSSR count). The van der Waals surface area contributed by atoms with Gasteiger partial charge >= 0.3 is 0 Å². The zero-order valence-electron chi connectivity index (χ0n) is 10.6. The van der Waals surface area contributed by atoms with Gasteiger partial charge in [0.1, 0.15) is 17.3 Å². The van der Waals surface area contributed by atoms with Crippen molar-refractivity contribution in [2.45, 2.75) is 0 Å². The van der Waals surface area contributed by atoms with Crippen molar-refractivity contribution < 1.29 is 8.81 Å². The largest absolute Gasteiger partial charge is 0.448 e. The molecule has 2 aromatic heterocycles. The number of hydrogen-bond donors (Lipinski definition) is 1. The predicted octanol–water partition coefficient (Wildman–Crippen LogP) is 3.83. The Balaban J connectivity index is 2.28. The highest BCUT2D eigenvalue weighted by atomic mass is 79.9. The van der Waals surface area contributed by atoms with Crippen molar-refractivity contribution in [3.05, 3.63) is 46.9 Å². The Bertz CT molecular complexity index is 779. The minimum atomic E-state index is -0.348. The van der Waals surface area contributed by atoms with E-state index in [0.717, 1.165) is 0 Å². The molecule has 0 amide bonds. The van der Waals surface area contributed by atoms with Crippen LogP contribution in [0.2, 0.25) is 0 Å². The molecule has 0 aliphatic heterocycles. The second-order valence-corrected chi connectivity index (χ2v) is 5.10. The number of benzene rings is 1. The van der Waals surface area contributed by atoms with Crippen molar-refractivity contribution in [3.8, 4) is 22.6 Å². The molecule has 20 heavy (non-hydrogen) atoms. The second-order valence-electron chi connectivity index (χ2n) is 4.32. The molecule has 1 aromatic carbocycles. The van der Waals surface area contributed by atoms with Crippen LogP contribution in [0.5, 0.6) is 0 Å². The SMILES string of the molecule is Cn1nc(-c2ccc(Br)o2)c(-c2ccccc2F)c1N. The Kier molecular flexibility index (Phi) is 3.10. The van der Waals surface area contributed by atoms with E-state index in [1.165, 1.54) is 10.7 Å². The molecular weight excluding hydrogens is 325 g/mol. The summed E-state index contributed by atoms with van der Waals surface area (Å²) >= 11 is 3.24. The van der Waals surface area contributed by atoms with E-state index in [4.69, 9.17) is 10.2 Å². The van der Waals surface area contributed by atoms with Crippen LogP contribution in [-0.4, -0.2) is 9.78 Å². The minimum absolute atomic E-state index is 0.348. The molecule has 0 bridgehead atoms. The maximum absolute atomic E-state index is 14.0. The van der Waals surface area contributed by atoms with Gasteiger partial charge in [0.05, 0.1) is 5.56 Å². The molecular formula is C14H11BrFN3O. The van der Waals surface area contributed by atoms with Crippen molar-refractivity contribution in [1.29, 1.82) is 0 Å². The van der Waals surface area contributed by atoms with E-state index in [0.29, 0.717) is 33.1 Å². The highest BCUT2D eigenvalue weighted by molar-refractivity contribution is 9.10. The molecule has 0 spiro atoms. The van der Waals surface area contributed by atoms with Crippen LogP contribution >= 0.6 is 15.9 Å². The van der Waals surface area contributed by atoms with Crippen molar-refractivity contribution in [2.75, 3.05) is 5.73 Å². The first-order valence-electron chi connectivity index (χ1n) is 5.91. The van der Waals surface area contributed by atoms with E-state index in [9.17, 15) is 4.39 Å². The zero-order valence-corrected chi connectivity index (χ0v) is 12.2. The maximum Gasteiger partial charge on any atom is 0.169 e. The summed E-state index contributed by atoms with van der Waals surface area (Å²) in [6, 6.07) is 9.97. The molecule has 4 nitrogen and oxygen atoms in total. The van der Waals surface area contributed by atoms with Crippen LogP contribution in [0.15, 0.2) is 45.5 Å². The zero-order chi connectivity index (χ0) is 14.3. The average Bonchev–Trinajstić information content (AvgIpc) is 2.96. The lowest BCUT2D eigenvalue weighted by Gasteiger charge is -2.04.